The first-order valence-corrected chi connectivity index (χ1v) is 11.6. The maximum Gasteiger partial charge on any atom is 0.115 e. The zero-order valence-corrected chi connectivity index (χ0v) is 19.4. The van der Waals surface area contributed by atoms with Crippen molar-refractivity contribution >= 4 is 0 Å². The van der Waals surface area contributed by atoms with Gasteiger partial charge in [-0.15, -0.1) is 0 Å². The Bertz CT molecular complexity index is 1030. The van der Waals surface area contributed by atoms with E-state index in [1.807, 2.05) is 48.5 Å². The molecule has 0 bridgehead atoms. The SMILES string of the molecule is CCC(c1ccc(O)cc1)(c1ccc(O)cc1)C(CC)(c1ccc(O)cc1)c1ccc(O)cc1. The van der Waals surface area contributed by atoms with Crippen molar-refractivity contribution in [2.45, 2.75) is 37.5 Å². The summed E-state index contributed by atoms with van der Waals surface area (Å²) in [5, 5.41) is 40.3. The normalized spacial score (nSPS) is 11.9. The second-order valence-corrected chi connectivity index (χ2v) is 8.71. The van der Waals surface area contributed by atoms with Crippen molar-refractivity contribution in [3.63, 3.8) is 0 Å². The topological polar surface area (TPSA) is 80.9 Å². The Morgan fingerprint density at radius 2 is 0.559 bits per heavy atom. The molecule has 4 heteroatoms. The molecule has 0 aromatic heterocycles. The lowest BCUT2D eigenvalue weighted by Gasteiger charge is -2.52. The zero-order chi connectivity index (χ0) is 24.3. The quantitative estimate of drug-likeness (QED) is 0.254. The Balaban J connectivity index is 2.17. The summed E-state index contributed by atoms with van der Waals surface area (Å²) in [5.74, 6) is 0.762. The molecular formula is C30H30O4. The highest BCUT2D eigenvalue weighted by atomic mass is 16.3. The van der Waals surface area contributed by atoms with E-state index in [1.165, 1.54) is 0 Å². The van der Waals surface area contributed by atoms with Crippen LogP contribution < -0.4 is 0 Å². The number of aromatic hydroxyl groups is 4. The van der Waals surface area contributed by atoms with Crippen LogP contribution in [0.3, 0.4) is 0 Å². The summed E-state index contributed by atoms with van der Waals surface area (Å²) in [4.78, 5) is 0. The van der Waals surface area contributed by atoms with Gasteiger partial charge in [0.15, 0.2) is 0 Å². The number of phenols is 4. The number of rotatable bonds is 7. The third kappa shape index (κ3) is 3.65. The van der Waals surface area contributed by atoms with Gasteiger partial charge in [0.1, 0.15) is 23.0 Å². The molecule has 0 unspecified atom stereocenters. The van der Waals surface area contributed by atoms with Crippen molar-refractivity contribution in [2.75, 3.05) is 0 Å². The summed E-state index contributed by atoms with van der Waals surface area (Å²) in [5.41, 5.74) is 2.83. The molecule has 0 atom stereocenters. The van der Waals surface area contributed by atoms with Gasteiger partial charge in [0.2, 0.25) is 0 Å². The van der Waals surface area contributed by atoms with Crippen LogP contribution in [0.15, 0.2) is 97.1 Å². The second-order valence-electron chi connectivity index (χ2n) is 8.71. The Hall–Kier alpha value is -3.92. The molecule has 0 saturated carbocycles. The molecule has 0 amide bonds. The first kappa shape index (κ1) is 23.2. The molecule has 34 heavy (non-hydrogen) atoms. The van der Waals surface area contributed by atoms with Gasteiger partial charge in [0, 0.05) is 10.8 Å². The molecule has 0 aliphatic heterocycles. The van der Waals surface area contributed by atoms with Crippen LogP contribution in [-0.4, -0.2) is 20.4 Å². The first-order valence-electron chi connectivity index (χ1n) is 11.6. The molecule has 0 radical (unpaired) electrons. The fourth-order valence-corrected chi connectivity index (χ4v) is 5.72. The van der Waals surface area contributed by atoms with Gasteiger partial charge in [-0.05, 0) is 83.6 Å². The van der Waals surface area contributed by atoms with Crippen LogP contribution in [0.1, 0.15) is 48.9 Å². The van der Waals surface area contributed by atoms with Crippen molar-refractivity contribution in [1.29, 1.82) is 0 Å². The van der Waals surface area contributed by atoms with Gasteiger partial charge in [0.25, 0.3) is 0 Å². The van der Waals surface area contributed by atoms with Crippen LogP contribution in [0.2, 0.25) is 0 Å². The van der Waals surface area contributed by atoms with Crippen LogP contribution in [0.25, 0.3) is 0 Å². The van der Waals surface area contributed by atoms with E-state index in [1.54, 1.807) is 48.5 Å². The number of hydrogen-bond donors (Lipinski definition) is 4. The predicted octanol–water partition coefficient (Wildman–Crippen LogP) is 6.60. The highest BCUT2D eigenvalue weighted by Crippen LogP contribution is 2.57. The average molecular weight is 455 g/mol. The van der Waals surface area contributed by atoms with Gasteiger partial charge in [-0.2, -0.15) is 0 Å². The molecule has 0 spiro atoms. The number of hydrogen-bond acceptors (Lipinski definition) is 4. The fraction of sp³-hybridized carbons (Fsp3) is 0.200. The second kappa shape index (κ2) is 9.14. The van der Waals surface area contributed by atoms with E-state index in [4.69, 9.17) is 0 Å². The van der Waals surface area contributed by atoms with E-state index in [2.05, 4.69) is 13.8 Å². The van der Waals surface area contributed by atoms with E-state index in [-0.39, 0.29) is 23.0 Å². The lowest BCUT2D eigenvalue weighted by molar-refractivity contribution is 0.284. The summed E-state index contributed by atoms with van der Waals surface area (Å²) < 4.78 is 0. The molecule has 4 rings (SSSR count). The standard InChI is InChI=1S/C30H30O4/c1-3-29(21-5-13-25(31)14-6-21,22-7-15-26(32)16-8-22)30(4-2,23-9-17-27(33)18-10-23)24-11-19-28(34)20-12-24/h5-20,31-34H,3-4H2,1-2H3. The monoisotopic (exact) mass is 454 g/mol. The smallest absolute Gasteiger partial charge is 0.115 e. The fourth-order valence-electron chi connectivity index (χ4n) is 5.72. The number of benzene rings is 4. The summed E-state index contributed by atoms with van der Waals surface area (Å²) in [6.45, 7) is 4.29. The Labute approximate surface area is 200 Å². The molecule has 0 saturated heterocycles. The lowest BCUT2D eigenvalue weighted by Crippen LogP contribution is -2.50. The van der Waals surface area contributed by atoms with Gasteiger partial charge in [-0.1, -0.05) is 62.4 Å². The van der Waals surface area contributed by atoms with Gasteiger partial charge < -0.3 is 20.4 Å². The van der Waals surface area contributed by atoms with Crippen LogP contribution in [0, 0.1) is 0 Å². The van der Waals surface area contributed by atoms with Gasteiger partial charge >= 0.3 is 0 Å². The third-order valence-corrected chi connectivity index (χ3v) is 7.23. The van der Waals surface area contributed by atoms with Crippen molar-refractivity contribution in [3.05, 3.63) is 119 Å². The number of phenolic OH excluding ortho intramolecular Hbond substituents is 4. The maximum atomic E-state index is 10.1. The molecule has 174 valence electrons. The summed E-state index contributed by atoms with van der Waals surface area (Å²) in [7, 11) is 0. The molecule has 4 N–H and O–H groups in total. The molecule has 0 aliphatic carbocycles. The molecule has 4 aromatic carbocycles. The summed E-state index contributed by atoms with van der Waals surface area (Å²) in [6.07, 6.45) is 1.41. The van der Waals surface area contributed by atoms with Crippen LogP contribution in [0.5, 0.6) is 23.0 Å². The van der Waals surface area contributed by atoms with Gasteiger partial charge in [0.05, 0.1) is 0 Å². The summed E-state index contributed by atoms with van der Waals surface area (Å²) in [6, 6.07) is 29.3. The molecule has 0 heterocycles. The van der Waals surface area contributed by atoms with Crippen LogP contribution in [-0.2, 0) is 10.8 Å². The predicted molar refractivity (Wildman–Crippen MR) is 135 cm³/mol. The van der Waals surface area contributed by atoms with Crippen molar-refractivity contribution in [2.24, 2.45) is 0 Å². The largest absolute Gasteiger partial charge is 0.508 e. The Kier molecular flexibility index (Phi) is 6.25. The summed E-state index contributed by atoms with van der Waals surface area (Å²) >= 11 is 0. The van der Waals surface area contributed by atoms with E-state index >= 15 is 0 Å². The van der Waals surface area contributed by atoms with Crippen molar-refractivity contribution in [1.82, 2.24) is 0 Å². The molecule has 0 fully saturated rings. The van der Waals surface area contributed by atoms with Gasteiger partial charge in [-0.3, -0.25) is 0 Å². The van der Waals surface area contributed by atoms with E-state index in [9.17, 15) is 20.4 Å². The van der Waals surface area contributed by atoms with E-state index in [0.717, 1.165) is 22.3 Å². The third-order valence-electron chi connectivity index (χ3n) is 7.23. The van der Waals surface area contributed by atoms with Crippen LogP contribution >= 0.6 is 0 Å². The Morgan fingerprint density at radius 3 is 0.706 bits per heavy atom. The average Bonchev–Trinajstić information content (AvgIpc) is 2.85. The minimum Gasteiger partial charge on any atom is -0.508 e. The van der Waals surface area contributed by atoms with Gasteiger partial charge in [-0.25, -0.2) is 0 Å². The molecule has 0 aliphatic rings. The minimum absolute atomic E-state index is 0.191. The van der Waals surface area contributed by atoms with Crippen LogP contribution in [0.4, 0.5) is 0 Å². The molecular weight excluding hydrogens is 424 g/mol. The molecule has 4 nitrogen and oxygen atoms in total. The highest BCUT2D eigenvalue weighted by Gasteiger charge is 2.53. The molecule has 4 aromatic rings. The lowest BCUT2D eigenvalue weighted by atomic mass is 9.49. The Morgan fingerprint density at radius 1 is 0.382 bits per heavy atom. The van der Waals surface area contributed by atoms with Crippen molar-refractivity contribution in [3.8, 4) is 23.0 Å². The van der Waals surface area contributed by atoms with Crippen molar-refractivity contribution < 1.29 is 20.4 Å². The van der Waals surface area contributed by atoms with E-state index in [0.29, 0.717) is 12.8 Å². The highest BCUT2D eigenvalue weighted by molar-refractivity contribution is 5.57. The first-order chi connectivity index (χ1) is 16.4. The maximum absolute atomic E-state index is 10.1. The zero-order valence-electron chi connectivity index (χ0n) is 19.4. The minimum atomic E-state index is -0.614. The van der Waals surface area contributed by atoms with E-state index < -0.39 is 10.8 Å².